The second-order valence-electron chi connectivity index (χ2n) is 8.31. The van der Waals surface area contributed by atoms with Gasteiger partial charge in [-0.1, -0.05) is 18.2 Å². The normalized spacial score (nSPS) is 21.5. The summed E-state index contributed by atoms with van der Waals surface area (Å²) >= 11 is 0. The highest BCUT2D eigenvalue weighted by Crippen LogP contribution is 2.49. The molecule has 1 unspecified atom stereocenters. The molecule has 6 rings (SSSR count). The molecule has 1 saturated heterocycles. The zero-order valence-corrected chi connectivity index (χ0v) is 18.0. The molecule has 1 spiro atoms. The molecule has 7 heteroatoms. The van der Waals surface area contributed by atoms with Gasteiger partial charge in [-0.2, -0.15) is 0 Å². The fourth-order valence-corrected chi connectivity index (χ4v) is 4.69. The first-order chi connectivity index (χ1) is 16.1. The SMILES string of the molecule is O=C1C=CC2(Oc3cccc4c(OCCN5CCOCC5)ccc(c34)O2)c2cccc(O)c21. The van der Waals surface area contributed by atoms with E-state index in [0.717, 1.165) is 49.4 Å². The largest absolute Gasteiger partial charge is 0.507 e. The van der Waals surface area contributed by atoms with Gasteiger partial charge < -0.3 is 24.1 Å². The van der Waals surface area contributed by atoms with Crippen LogP contribution in [0.5, 0.6) is 23.0 Å². The number of phenols is 1. The van der Waals surface area contributed by atoms with E-state index in [9.17, 15) is 9.90 Å². The molecule has 1 aliphatic carbocycles. The summed E-state index contributed by atoms with van der Waals surface area (Å²) in [5, 5.41) is 12.0. The van der Waals surface area contributed by atoms with Gasteiger partial charge in [-0.3, -0.25) is 9.69 Å². The molecule has 2 aliphatic heterocycles. The Labute approximate surface area is 190 Å². The van der Waals surface area contributed by atoms with Gasteiger partial charge in [-0.15, -0.1) is 0 Å². The number of carbonyl (C=O) groups is 1. The smallest absolute Gasteiger partial charge is 0.299 e. The van der Waals surface area contributed by atoms with Gasteiger partial charge in [0.05, 0.1) is 29.7 Å². The molecule has 0 saturated carbocycles. The van der Waals surface area contributed by atoms with Crippen LogP contribution in [-0.2, 0) is 10.5 Å². The maximum absolute atomic E-state index is 12.4. The van der Waals surface area contributed by atoms with Crippen LogP contribution in [0.2, 0.25) is 0 Å². The number of hydrogen-bond acceptors (Lipinski definition) is 7. The van der Waals surface area contributed by atoms with Crippen LogP contribution in [0.25, 0.3) is 10.8 Å². The molecule has 2 heterocycles. The first-order valence-corrected chi connectivity index (χ1v) is 11.1. The van der Waals surface area contributed by atoms with Crippen molar-refractivity contribution in [2.24, 2.45) is 0 Å². The lowest BCUT2D eigenvalue weighted by Crippen LogP contribution is -2.42. The van der Waals surface area contributed by atoms with Gasteiger partial charge in [0.15, 0.2) is 5.78 Å². The predicted molar refractivity (Wildman–Crippen MR) is 121 cm³/mol. The minimum Gasteiger partial charge on any atom is -0.507 e. The average molecular weight is 445 g/mol. The lowest BCUT2D eigenvalue weighted by Gasteiger charge is -2.39. The van der Waals surface area contributed by atoms with E-state index in [1.807, 2.05) is 30.3 Å². The van der Waals surface area contributed by atoms with Crippen LogP contribution < -0.4 is 14.2 Å². The molecule has 33 heavy (non-hydrogen) atoms. The van der Waals surface area contributed by atoms with Gasteiger partial charge in [0.1, 0.15) is 29.6 Å². The minimum absolute atomic E-state index is 0.0959. The van der Waals surface area contributed by atoms with Gasteiger partial charge in [0.2, 0.25) is 0 Å². The molecule has 7 nitrogen and oxygen atoms in total. The number of ketones is 1. The number of phenolic OH excluding ortho intramolecular Hbond substituents is 1. The van der Waals surface area contributed by atoms with Gasteiger partial charge >= 0.3 is 0 Å². The summed E-state index contributed by atoms with van der Waals surface area (Å²) < 4.78 is 24.3. The topological polar surface area (TPSA) is 77.5 Å². The Morgan fingerprint density at radius 2 is 1.79 bits per heavy atom. The Morgan fingerprint density at radius 3 is 2.64 bits per heavy atom. The molecule has 1 N–H and O–H groups in total. The van der Waals surface area contributed by atoms with E-state index < -0.39 is 5.79 Å². The van der Waals surface area contributed by atoms with Crippen LogP contribution in [0.1, 0.15) is 15.9 Å². The molecule has 168 valence electrons. The number of hydrogen-bond donors (Lipinski definition) is 1. The second-order valence-corrected chi connectivity index (χ2v) is 8.31. The van der Waals surface area contributed by atoms with Crippen molar-refractivity contribution in [1.29, 1.82) is 0 Å². The van der Waals surface area contributed by atoms with Gasteiger partial charge in [-0.25, -0.2) is 0 Å². The second kappa shape index (κ2) is 7.79. The number of ether oxygens (including phenoxy) is 4. The van der Waals surface area contributed by atoms with E-state index in [2.05, 4.69) is 4.90 Å². The van der Waals surface area contributed by atoms with E-state index in [4.69, 9.17) is 18.9 Å². The molecule has 0 radical (unpaired) electrons. The van der Waals surface area contributed by atoms with E-state index in [-0.39, 0.29) is 17.1 Å². The monoisotopic (exact) mass is 445 g/mol. The molecule has 3 aromatic rings. The number of benzene rings is 3. The third kappa shape index (κ3) is 3.32. The van der Waals surface area contributed by atoms with Crippen molar-refractivity contribution < 1.29 is 28.8 Å². The van der Waals surface area contributed by atoms with E-state index in [0.29, 0.717) is 23.7 Å². The zero-order valence-electron chi connectivity index (χ0n) is 18.0. The molecule has 0 aromatic heterocycles. The summed E-state index contributed by atoms with van der Waals surface area (Å²) in [7, 11) is 0. The maximum atomic E-state index is 12.4. The molecule has 0 bridgehead atoms. The Morgan fingerprint density at radius 1 is 1.00 bits per heavy atom. The summed E-state index contributed by atoms with van der Waals surface area (Å²) in [5.74, 6) is 0.304. The quantitative estimate of drug-likeness (QED) is 0.657. The fourth-order valence-electron chi connectivity index (χ4n) is 4.69. The summed E-state index contributed by atoms with van der Waals surface area (Å²) in [6.07, 6.45) is 2.99. The maximum Gasteiger partial charge on any atom is 0.299 e. The van der Waals surface area contributed by atoms with Crippen molar-refractivity contribution in [2.75, 3.05) is 39.5 Å². The van der Waals surface area contributed by atoms with Crippen LogP contribution in [-0.4, -0.2) is 55.2 Å². The number of nitrogens with zero attached hydrogens (tertiary/aromatic N) is 1. The molecule has 0 amide bonds. The van der Waals surface area contributed by atoms with Gasteiger partial charge in [0, 0.05) is 31.1 Å². The highest BCUT2D eigenvalue weighted by molar-refractivity contribution is 6.09. The number of morpholine rings is 1. The van der Waals surface area contributed by atoms with Crippen molar-refractivity contribution in [3.05, 3.63) is 71.8 Å². The minimum atomic E-state index is -1.33. The van der Waals surface area contributed by atoms with Crippen molar-refractivity contribution in [1.82, 2.24) is 4.90 Å². The van der Waals surface area contributed by atoms with E-state index >= 15 is 0 Å². The summed E-state index contributed by atoms with van der Waals surface area (Å²) in [6, 6.07) is 14.4. The third-order valence-corrected chi connectivity index (χ3v) is 6.33. The fraction of sp³-hybridized carbons (Fsp3) is 0.269. The lowest BCUT2D eigenvalue weighted by molar-refractivity contribution is -0.0840. The van der Waals surface area contributed by atoms with Crippen molar-refractivity contribution in [3.63, 3.8) is 0 Å². The number of aromatic hydroxyl groups is 1. The standard InChI is InChI=1S/C26H23NO6/c28-19-5-2-4-18-25(19)20(29)9-10-26(18)32-22-6-1-3-17-21(7-8-23(33-26)24(17)22)31-16-13-27-11-14-30-15-12-27/h1-10,28H,11-16H2. The molecule has 3 aliphatic rings. The summed E-state index contributed by atoms with van der Waals surface area (Å²) in [5.41, 5.74) is 0.669. The van der Waals surface area contributed by atoms with Crippen molar-refractivity contribution in [3.8, 4) is 23.0 Å². The van der Waals surface area contributed by atoms with E-state index in [1.165, 1.54) is 12.1 Å². The van der Waals surface area contributed by atoms with E-state index in [1.54, 1.807) is 18.2 Å². The number of fused-ring (bicyclic) bond motifs is 2. The Bertz CT molecular complexity index is 1270. The molecule has 3 aromatic carbocycles. The Kier molecular flexibility index (Phi) is 4.74. The Balaban J connectivity index is 1.33. The molecule has 1 atom stereocenters. The predicted octanol–water partition coefficient (Wildman–Crippen LogP) is 3.63. The van der Waals surface area contributed by atoms with Gasteiger partial charge in [0.25, 0.3) is 5.79 Å². The lowest BCUT2D eigenvalue weighted by atomic mass is 9.89. The average Bonchev–Trinajstić information content (AvgIpc) is 2.84. The Hall–Kier alpha value is -3.55. The summed E-state index contributed by atoms with van der Waals surface area (Å²) in [4.78, 5) is 14.8. The first kappa shape index (κ1) is 20.1. The van der Waals surface area contributed by atoms with Crippen LogP contribution in [0.3, 0.4) is 0 Å². The first-order valence-electron chi connectivity index (χ1n) is 11.1. The van der Waals surface area contributed by atoms with Crippen molar-refractivity contribution in [2.45, 2.75) is 5.79 Å². The van der Waals surface area contributed by atoms with Crippen molar-refractivity contribution >= 4 is 16.6 Å². The number of carbonyl (C=O) groups excluding carboxylic acids is 1. The highest BCUT2D eigenvalue weighted by Gasteiger charge is 2.45. The molecular formula is C26H23NO6. The van der Waals surface area contributed by atoms with Gasteiger partial charge in [-0.05, 0) is 36.4 Å². The zero-order chi connectivity index (χ0) is 22.4. The summed E-state index contributed by atoms with van der Waals surface area (Å²) in [6.45, 7) is 4.77. The molecular weight excluding hydrogens is 422 g/mol. The van der Waals surface area contributed by atoms with Crippen LogP contribution in [0.4, 0.5) is 0 Å². The third-order valence-electron chi connectivity index (χ3n) is 6.33. The van der Waals surface area contributed by atoms with Crippen LogP contribution in [0.15, 0.2) is 60.7 Å². The van der Waals surface area contributed by atoms with Crippen LogP contribution in [0, 0.1) is 0 Å². The van der Waals surface area contributed by atoms with Crippen LogP contribution >= 0.6 is 0 Å². The highest BCUT2D eigenvalue weighted by atomic mass is 16.7. The number of rotatable bonds is 4. The molecule has 1 fully saturated rings. The number of allylic oxidation sites excluding steroid dienone is 1.